The Morgan fingerprint density at radius 1 is 1.57 bits per heavy atom. The molecule has 0 spiro atoms. The van der Waals surface area contributed by atoms with E-state index in [1.165, 1.54) is 0 Å². The first-order valence-corrected chi connectivity index (χ1v) is 4.78. The van der Waals surface area contributed by atoms with Gasteiger partial charge in [-0.05, 0) is 24.1 Å². The Hall–Kier alpha value is -1.37. The summed E-state index contributed by atoms with van der Waals surface area (Å²) in [4.78, 5) is 0. The van der Waals surface area contributed by atoms with Crippen LogP contribution in [0.4, 0.5) is 4.39 Å². The van der Waals surface area contributed by atoms with Gasteiger partial charge in [0.1, 0.15) is 6.17 Å². The Kier molecular flexibility index (Phi) is 2.49. The predicted octanol–water partition coefficient (Wildman–Crippen LogP) is 3.51. The van der Waals surface area contributed by atoms with E-state index in [1.54, 1.807) is 12.2 Å². The number of allylic oxidation sites excluding steroid dienone is 3. The summed E-state index contributed by atoms with van der Waals surface area (Å²) < 4.78 is 13.6. The van der Waals surface area contributed by atoms with Crippen molar-refractivity contribution in [1.29, 1.82) is 0 Å². The second-order valence-electron chi connectivity index (χ2n) is 3.39. The molecule has 2 atom stereocenters. The van der Waals surface area contributed by atoms with Crippen molar-refractivity contribution in [2.24, 2.45) is 0 Å². The quantitative estimate of drug-likeness (QED) is 0.621. The number of alkyl halides is 1. The molecule has 71 valence electrons. The maximum absolute atomic E-state index is 13.6. The molecule has 0 amide bonds. The lowest BCUT2D eigenvalue weighted by Gasteiger charge is -2.12. The fraction of sp³-hybridized carbons (Fsp3) is 0.231. The average Bonchev–Trinajstić information content (AvgIpc) is 2.61. The Balaban J connectivity index is 2.30. The van der Waals surface area contributed by atoms with Gasteiger partial charge in [0, 0.05) is 5.92 Å². The summed E-state index contributed by atoms with van der Waals surface area (Å²) in [6, 6.07) is 8.85. The van der Waals surface area contributed by atoms with Gasteiger partial charge < -0.3 is 0 Å². The van der Waals surface area contributed by atoms with Crippen LogP contribution in [0.25, 0.3) is 6.08 Å². The van der Waals surface area contributed by atoms with E-state index in [0.717, 1.165) is 11.1 Å². The summed E-state index contributed by atoms with van der Waals surface area (Å²) >= 11 is 0. The molecular weight excluding hydrogens is 175 g/mol. The minimum atomic E-state index is -0.934. The summed E-state index contributed by atoms with van der Waals surface area (Å²) in [6.07, 6.45) is 6.28. The average molecular weight is 187 g/mol. The van der Waals surface area contributed by atoms with Gasteiger partial charge in [0.2, 0.25) is 0 Å². The van der Waals surface area contributed by atoms with E-state index >= 15 is 0 Å². The second kappa shape index (κ2) is 3.79. The van der Waals surface area contributed by atoms with Crippen molar-refractivity contribution < 1.29 is 4.39 Å². The van der Waals surface area contributed by atoms with E-state index in [4.69, 9.17) is 0 Å². The van der Waals surface area contributed by atoms with Crippen LogP contribution >= 0.6 is 0 Å². The summed E-state index contributed by atoms with van der Waals surface area (Å²) in [5, 5.41) is 0. The molecule has 0 aliphatic heterocycles. The molecule has 0 saturated carbocycles. The van der Waals surface area contributed by atoms with Crippen molar-refractivity contribution in [2.75, 3.05) is 0 Å². The number of halogens is 1. The van der Waals surface area contributed by atoms with Crippen molar-refractivity contribution >= 4 is 6.08 Å². The number of hydrogen-bond donors (Lipinski definition) is 0. The molecule has 14 heavy (non-hydrogen) atoms. The SMILES string of the molecule is CC=CC(F)C1C=Cc2ccc[c]c21. The zero-order valence-corrected chi connectivity index (χ0v) is 8.07. The zero-order chi connectivity index (χ0) is 9.97. The molecule has 0 heterocycles. The highest BCUT2D eigenvalue weighted by Crippen LogP contribution is 2.33. The van der Waals surface area contributed by atoms with Crippen molar-refractivity contribution in [3.63, 3.8) is 0 Å². The highest BCUT2D eigenvalue weighted by Gasteiger charge is 2.23. The molecule has 1 aromatic rings. The van der Waals surface area contributed by atoms with Gasteiger partial charge in [-0.3, -0.25) is 0 Å². The highest BCUT2D eigenvalue weighted by molar-refractivity contribution is 5.62. The molecule has 0 nitrogen and oxygen atoms in total. The summed E-state index contributed by atoms with van der Waals surface area (Å²) in [6.45, 7) is 1.83. The Bertz CT molecular complexity index is 377. The number of hydrogen-bond acceptors (Lipinski definition) is 0. The molecule has 0 aromatic heterocycles. The number of benzene rings is 1. The molecule has 1 heteroatoms. The lowest BCUT2D eigenvalue weighted by atomic mass is 9.96. The Labute approximate surface area is 83.8 Å². The Morgan fingerprint density at radius 3 is 3.21 bits per heavy atom. The van der Waals surface area contributed by atoms with Crippen LogP contribution in [0, 0.1) is 6.07 Å². The largest absolute Gasteiger partial charge is 0.242 e. The van der Waals surface area contributed by atoms with Gasteiger partial charge >= 0.3 is 0 Å². The van der Waals surface area contributed by atoms with Gasteiger partial charge in [0.15, 0.2) is 0 Å². The molecule has 1 aliphatic rings. The molecule has 0 saturated heterocycles. The molecule has 1 aromatic carbocycles. The summed E-state index contributed by atoms with van der Waals surface area (Å²) in [7, 11) is 0. The topological polar surface area (TPSA) is 0 Å². The first-order valence-electron chi connectivity index (χ1n) is 4.78. The van der Waals surface area contributed by atoms with E-state index in [2.05, 4.69) is 6.07 Å². The molecule has 0 bridgehead atoms. The van der Waals surface area contributed by atoms with Gasteiger partial charge in [-0.15, -0.1) is 0 Å². The van der Waals surface area contributed by atoms with E-state index < -0.39 is 6.17 Å². The van der Waals surface area contributed by atoms with E-state index in [0.29, 0.717) is 0 Å². The highest BCUT2D eigenvalue weighted by atomic mass is 19.1. The lowest BCUT2D eigenvalue weighted by molar-refractivity contribution is 0.373. The van der Waals surface area contributed by atoms with Crippen LogP contribution in [-0.4, -0.2) is 6.17 Å². The van der Waals surface area contributed by atoms with Crippen LogP contribution < -0.4 is 0 Å². The fourth-order valence-electron chi connectivity index (χ4n) is 1.77. The van der Waals surface area contributed by atoms with Crippen LogP contribution in [0.1, 0.15) is 24.0 Å². The lowest BCUT2D eigenvalue weighted by Crippen LogP contribution is -2.07. The smallest absolute Gasteiger partial charge is 0.129 e. The maximum Gasteiger partial charge on any atom is 0.129 e. The maximum atomic E-state index is 13.6. The molecule has 2 rings (SSSR count). The minimum absolute atomic E-state index is 0.151. The normalized spacial score (nSPS) is 21.4. The van der Waals surface area contributed by atoms with Gasteiger partial charge in [0.25, 0.3) is 0 Å². The molecule has 0 N–H and O–H groups in total. The fourth-order valence-corrected chi connectivity index (χ4v) is 1.77. The summed E-state index contributed by atoms with van der Waals surface area (Å²) in [5.74, 6) is -0.151. The molecule has 0 fully saturated rings. The van der Waals surface area contributed by atoms with Crippen LogP contribution in [-0.2, 0) is 0 Å². The van der Waals surface area contributed by atoms with Crippen molar-refractivity contribution in [3.05, 3.63) is 53.6 Å². The van der Waals surface area contributed by atoms with E-state index in [1.807, 2.05) is 37.3 Å². The third kappa shape index (κ3) is 1.50. The van der Waals surface area contributed by atoms with Crippen molar-refractivity contribution in [2.45, 2.75) is 19.0 Å². The van der Waals surface area contributed by atoms with Gasteiger partial charge in [0.05, 0.1) is 0 Å². The third-order valence-electron chi connectivity index (χ3n) is 2.46. The number of fused-ring (bicyclic) bond motifs is 1. The molecular formula is C13H12F. The van der Waals surface area contributed by atoms with Gasteiger partial charge in [-0.2, -0.15) is 0 Å². The molecule has 1 aliphatic carbocycles. The monoisotopic (exact) mass is 187 g/mol. The predicted molar refractivity (Wildman–Crippen MR) is 56.8 cm³/mol. The van der Waals surface area contributed by atoms with Gasteiger partial charge in [-0.1, -0.05) is 42.5 Å². The van der Waals surface area contributed by atoms with Gasteiger partial charge in [-0.25, -0.2) is 4.39 Å². The first kappa shape index (κ1) is 9.20. The first-order chi connectivity index (χ1) is 6.83. The third-order valence-corrected chi connectivity index (χ3v) is 2.46. The minimum Gasteiger partial charge on any atom is -0.242 e. The van der Waals surface area contributed by atoms with Crippen molar-refractivity contribution in [3.8, 4) is 0 Å². The Morgan fingerprint density at radius 2 is 2.43 bits per heavy atom. The van der Waals surface area contributed by atoms with E-state index in [9.17, 15) is 4.39 Å². The molecule has 1 radical (unpaired) electrons. The standard InChI is InChI=1S/C13H12F/c1-2-5-13(14)12-9-8-10-6-3-4-7-11(10)12/h2-6,8-9,12-13H,1H3. The van der Waals surface area contributed by atoms with Crippen LogP contribution in [0.15, 0.2) is 36.4 Å². The van der Waals surface area contributed by atoms with Crippen LogP contribution in [0.5, 0.6) is 0 Å². The van der Waals surface area contributed by atoms with Crippen molar-refractivity contribution in [1.82, 2.24) is 0 Å². The van der Waals surface area contributed by atoms with Crippen LogP contribution in [0.3, 0.4) is 0 Å². The number of rotatable bonds is 2. The molecule has 2 unspecified atom stereocenters. The van der Waals surface area contributed by atoms with E-state index in [-0.39, 0.29) is 5.92 Å². The second-order valence-corrected chi connectivity index (χ2v) is 3.39. The zero-order valence-electron chi connectivity index (χ0n) is 8.07. The van der Waals surface area contributed by atoms with Crippen LogP contribution in [0.2, 0.25) is 0 Å². The summed E-state index contributed by atoms with van der Waals surface area (Å²) in [5.41, 5.74) is 2.06.